The Morgan fingerprint density at radius 1 is 1.08 bits per heavy atom. The molecule has 0 aliphatic heterocycles. The number of benzene rings is 2. The number of hydrogen-bond donors (Lipinski definition) is 1. The predicted molar refractivity (Wildman–Crippen MR) is 94.5 cm³/mol. The molecule has 0 aliphatic carbocycles. The highest BCUT2D eigenvalue weighted by atomic mass is 32.2. The molecule has 1 heterocycles. The van der Waals surface area contributed by atoms with Gasteiger partial charge in [-0.25, -0.2) is 8.42 Å². The predicted octanol–water partition coefficient (Wildman–Crippen LogP) is 3.35. The maximum atomic E-state index is 12.7. The van der Waals surface area contributed by atoms with Crippen LogP contribution in [0.3, 0.4) is 0 Å². The van der Waals surface area contributed by atoms with E-state index in [0.717, 1.165) is 16.7 Å². The summed E-state index contributed by atoms with van der Waals surface area (Å²) in [6.45, 7) is 4.26. The Morgan fingerprint density at radius 2 is 1.92 bits per heavy atom. The monoisotopic (exact) mass is 341 g/mol. The molecule has 0 radical (unpaired) electrons. The van der Waals surface area contributed by atoms with Crippen LogP contribution in [0.25, 0.3) is 0 Å². The van der Waals surface area contributed by atoms with E-state index < -0.39 is 10.0 Å². The summed E-state index contributed by atoms with van der Waals surface area (Å²) in [6, 6.07) is 14.6. The Labute approximate surface area is 142 Å². The van der Waals surface area contributed by atoms with Crippen LogP contribution in [0.5, 0.6) is 0 Å². The Bertz CT molecular complexity index is 948. The zero-order valence-corrected chi connectivity index (χ0v) is 14.4. The lowest BCUT2D eigenvalue weighted by Crippen LogP contribution is -2.14. The molecule has 0 spiro atoms. The first-order valence-corrected chi connectivity index (χ1v) is 9.09. The van der Waals surface area contributed by atoms with Gasteiger partial charge in [-0.15, -0.1) is 0 Å². The summed E-state index contributed by atoms with van der Waals surface area (Å²) >= 11 is 0. The molecule has 6 heteroatoms. The molecule has 5 nitrogen and oxygen atoms in total. The van der Waals surface area contributed by atoms with Crippen LogP contribution in [0, 0.1) is 13.8 Å². The third kappa shape index (κ3) is 3.65. The number of aryl methyl sites for hydroxylation is 2. The van der Waals surface area contributed by atoms with E-state index in [1.807, 2.05) is 49.5 Å². The molecule has 0 unspecified atom stereocenters. The van der Waals surface area contributed by atoms with E-state index >= 15 is 0 Å². The van der Waals surface area contributed by atoms with E-state index in [4.69, 9.17) is 0 Å². The van der Waals surface area contributed by atoms with Gasteiger partial charge < -0.3 is 0 Å². The van der Waals surface area contributed by atoms with Gasteiger partial charge in [0.05, 0.1) is 11.4 Å². The molecule has 0 amide bonds. The summed E-state index contributed by atoms with van der Waals surface area (Å²) in [4.78, 5) is 0.306. The molecule has 124 valence electrons. The molecule has 0 bridgehead atoms. The minimum atomic E-state index is -3.62. The summed E-state index contributed by atoms with van der Waals surface area (Å²) < 4.78 is 29.8. The molecule has 3 rings (SSSR count). The van der Waals surface area contributed by atoms with E-state index in [0.29, 0.717) is 17.1 Å². The molecule has 2 aromatic carbocycles. The van der Waals surface area contributed by atoms with Gasteiger partial charge in [-0.1, -0.05) is 24.3 Å². The van der Waals surface area contributed by atoms with Crippen LogP contribution in [-0.4, -0.2) is 18.2 Å². The minimum absolute atomic E-state index is 0.306. The van der Waals surface area contributed by atoms with Crippen molar-refractivity contribution in [1.82, 2.24) is 9.78 Å². The third-order valence-electron chi connectivity index (χ3n) is 3.72. The van der Waals surface area contributed by atoms with Crippen molar-refractivity contribution < 1.29 is 8.42 Å². The highest BCUT2D eigenvalue weighted by Gasteiger charge is 2.17. The lowest BCUT2D eigenvalue weighted by Gasteiger charge is -2.12. The summed E-state index contributed by atoms with van der Waals surface area (Å²) in [5, 5.41) is 4.16. The van der Waals surface area contributed by atoms with Crippen molar-refractivity contribution in [2.24, 2.45) is 0 Å². The Morgan fingerprint density at radius 3 is 2.67 bits per heavy atom. The van der Waals surface area contributed by atoms with Gasteiger partial charge in [-0.3, -0.25) is 9.40 Å². The summed E-state index contributed by atoms with van der Waals surface area (Å²) in [7, 11) is -3.62. The standard InChI is InChI=1S/C18H19N3O2S/c1-14-7-8-15(2)18(11-14)24(22,23)20-17-6-3-5-16(12-17)13-21-10-4-9-19-21/h3-12,20H,13H2,1-2H3. The number of nitrogens with zero attached hydrogens (tertiary/aromatic N) is 2. The molecule has 3 aromatic rings. The van der Waals surface area contributed by atoms with Crippen LogP contribution in [0.2, 0.25) is 0 Å². The van der Waals surface area contributed by atoms with E-state index in [1.165, 1.54) is 0 Å². The van der Waals surface area contributed by atoms with Crippen LogP contribution in [0.4, 0.5) is 5.69 Å². The SMILES string of the molecule is Cc1ccc(C)c(S(=O)(=O)Nc2cccc(Cn3cccn3)c2)c1. The lowest BCUT2D eigenvalue weighted by atomic mass is 10.2. The second kappa shape index (κ2) is 6.49. The van der Waals surface area contributed by atoms with E-state index in [1.54, 1.807) is 29.9 Å². The fourth-order valence-corrected chi connectivity index (χ4v) is 3.90. The first-order chi connectivity index (χ1) is 11.4. The number of nitrogens with one attached hydrogen (secondary N) is 1. The normalized spacial score (nSPS) is 11.4. The van der Waals surface area contributed by atoms with Gasteiger partial charge in [0.25, 0.3) is 10.0 Å². The highest BCUT2D eigenvalue weighted by Crippen LogP contribution is 2.21. The largest absolute Gasteiger partial charge is 0.280 e. The molecule has 0 atom stereocenters. The number of anilines is 1. The molecule has 0 saturated heterocycles. The molecule has 0 saturated carbocycles. The zero-order valence-electron chi connectivity index (χ0n) is 13.6. The van der Waals surface area contributed by atoms with Crippen molar-refractivity contribution in [3.63, 3.8) is 0 Å². The summed E-state index contributed by atoms with van der Waals surface area (Å²) in [6.07, 6.45) is 3.58. The fourth-order valence-electron chi connectivity index (χ4n) is 2.52. The topological polar surface area (TPSA) is 64.0 Å². The van der Waals surface area contributed by atoms with Gasteiger partial charge in [0.15, 0.2) is 0 Å². The smallest absolute Gasteiger partial charge is 0.262 e. The quantitative estimate of drug-likeness (QED) is 0.774. The first kappa shape index (κ1) is 16.3. The summed E-state index contributed by atoms with van der Waals surface area (Å²) in [5.74, 6) is 0. The molecular formula is C18H19N3O2S. The fraction of sp³-hybridized carbons (Fsp3) is 0.167. The first-order valence-electron chi connectivity index (χ1n) is 7.60. The summed E-state index contributed by atoms with van der Waals surface area (Å²) in [5.41, 5.74) is 3.15. The van der Waals surface area contributed by atoms with Crippen molar-refractivity contribution in [2.45, 2.75) is 25.3 Å². The Kier molecular flexibility index (Phi) is 4.40. The Balaban J connectivity index is 1.86. The van der Waals surface area contributed by atoms with Crippen molar-refractivity contribution >= 4 is 15.7 Å². The van der Waals surface area contributed by atoms with Crippen molar-refractivity contribution in [1.29, 1.82) is 0 Å². The van der Waals surface area contributed by atoms with E-state index in [2.05, 4.69) is 9.82 Å². The van der Waals surface area contributed by atoms with Gasteiger partial charge in [0.2, 0.25) is 0 Å². The second-order valence-corrected chi connectivity index (χ2v) is 7.43. The maximum Gasteiger partial charge on any atom is 0.262 e. The third-order valence-corrected chi connectivity index (χ3v) is 5.24. The second-order valence-electron chi connectivity index (χ2n) is 5.78. The van der Waals surface area contributed by atoms with Crippen LogP contribution >= 0.6 is 0 Å². The molecule has 24 heavy (non-hydrogen) atoms. The van der Waals surface area contributed by atoms with Crippen LogP contribution in [0.15, 0.2) is 65.8 Å². The lowest BCUT2D eigenvalue weighted by molar-refractivity contribution is 0.600. The molecule has 1 N–H and O–H groups in total. The minimum Gasteiger partial charge on any atom is -0.280 e. The average molecular weight is 341 g/mol. The number of rotatable bonds is 5. The van der Waals surface area contributed by atoms with E-state index in [9.17, 15) is 8.42 Å². The van der Waals surface area contributed by atoms with Gasteiger partial charge in [-0.2, -0.15) is 5.10 Å². The van der Waals surface area contributed by atoms with Gasteiger partial charge in [0.1, 0.15) is 0 Å². The maximum absolute atomic E-state index is 12.7. The number of sulfonamides is 1. The van der Waals surface area contributed by atoms with Crippen molar-refractivity contribution in [3.05, 3.63) is 77.6 Å². The van der Waals surface area contributed by atoms with Crippen molar-refractivity contribution in [2.75, 3.05) is 4.72 Å². The van der Waals surface area contributed by atoms with E-state index in [-0.39, 0.29) is 0 Å². The highest BCUT2D eigenvalue weighted by molar-refractivity contribution is 7.92. The zero-order chi connectivity index (χ0) is 17.2. The van der Waals surface area contributed by atoms with Gasteiger partial charge in [-0.05, 0) is 54.8 Å². The molecule has 1 aromatic heterocycles. The van der Waals surface area contributed by atoms with Crippen LogP contribution < -0.4 is 4.72 Å². The molecule has 0 fully saturated rings. The van der Waals surface area contributed by atoms with Crippen molar-refractivity contribution in [3.8, 4) is 0 Å². The van der Waals surface area contributed by atoms with Crippen LogP contribution in [-0.2, 0) is 16.6 Å². The van der Waals surface area contributed by atoms with Crippen LogP contribution in [0.1, 0.15) is 16.7 Å². The van der Waals surface area contributed by atoms with Gasteiger partial charge in [0, 0.05) is 18.1 Å². The average Bonchev–Trinajstić information content (AvgIpc) is 3.02. The Hall–Kier alpha value is -2.60. The van der Waals surface area contributed by atoms with Gasteiger partial charge >= 0.3 is 0 Å². The molecular weight excluding hydrogens is 322 g/mol. The molecule has 0 aliphatic rings. The number of aromatic nitrogens is 2. The number of hydrogen-bond acceptors (Lipinski definition) is 3.